The first kappa shape index (κ1) is 45.3. The number of hydrogen-bond donors (Lipinski definition) is 4. The summed E-state index contributed by atoms with van der Waals surface area (Å²) < 4.78 is 6.16. The van der Waals surface area contributed by atoms with Crippen LogP contribution in [0.4, 0.5) is 0 Å². The molecule has 1 fully saturated rings. The van der Waals surface area contributed by atoms with Crippen molar-refractivity contribution in [1.29, 1.82) is 0 Å². The predicted molar refractivity (Wildman–Crippen MR) is 285 cm³/mol. The van der Waals surface area contributed by atoms with Crippen LogP contribution in [0.1, 0.15) is 73.3 Å². The lowest BCUT2D eigenvalue weighted by atomic mass is 9.64. The van der Waals surface area contributed by atoms with E-state index in [9.17, 15) is 10.2 Å². The molecule has 1 saturated carbocycles. The quantitative estimate of drug-likeness (QED) is 0.0862. The first-order chi connectivity index (χ1) is 34.4. The van der Waals surface area contributed by atoms with E-state index in [0.29, 0.717) is 26.1 Å². The normalized spacial score (nSPS) is 19.3. The van der Waals surface area contributed by atoms with Gasteiger partial charge < -0.3 is 24.9 Å². The molecule has 3 aliphatic rings. The number of nitrogens with one attached hydrogen (secondary N) is 2. The molecule has 2 aliphatic heterocycles. The molecule has 3 aromatic heterocycles. The van der Waals surface area contributed by atoms with Crippen LogP contribution in [-0.4, -0.2) is 49.0 Å². The van der Waals surface area contributed by atoms with Gasteiger partial charge in [0.2, 0.25) is 0 Å². The fourth-order valence-corrected chi connectivity index (χ4v) is 11.7. The summed E-state index contributed by atoms with van der Waals surface area (Å²) >= 11 is 0. The van der Waals surface area contributed by atoms with Gasteiger partial charge in [0.15, 0.2) is 0 Å². The number of hydrogen-bond acceptors (Lipinski definition) is 5. The lowest BCUT2D eigenvalue weighted by Crippen LogP contribution is -2.52. The van der Waals surface area contributed by atoms with Gasteiger partial charge in [-0.15, -0.1) is 0 Å². The number of aliphatic hydroxyl groups excluding tert-OH is 1. The lowest BCUT2D eigenvalue weighted by molar-refractivity contribution is -0.137. The van der Waals surface area contributed by atoms with Crippen LogP contribution in [0.2, 0.25) is 0 Å². The summed E-state index contributed by atoms with van der Waals surface area (Å²) in [5.41, 5.74) is 16.1. The van der Waals surface area contributed by atoms with Crippen LogP contribution in [0.3, 0.4) is 0 Å². The third-order valence-electron chi connectivity index (χ3n) is 15.3. The maximum absolute atomic E-state index is 12.6. The van der Waals surface area contributed by atoms with Crippen LogP contribution >= 0.6 is 0 Å². The Hall–Kier alpha value is -7.16. The molecule has 5 aromatic carbocycles. The second-order valence-electron chi connectivity index (χ2n) is 19.5. The van der Waals surface area contributed by atoms with Gasteiger partial charge in [0.05, 0.1) is 41.6 Å². The highest BCUT2D eigenvalue weighted by molar-refractivity contribution is 5.97. The topological polar surface area (TPSA) is 107 Å². The van der Waals surface area contributed by atoms with Gasteiger partial charge in [-0.05, 0) is 114 Å². The van der Waals surface area contributed by atoms with Crippen molar-refractivity contribution < 1.29 is 14.9 Å². The highest BCUT2D eigenvalue weighted by Gasteiger charge is 2.47. The molecule has 7 heteroatoms. The van der Waals surface area contributed by atoms with Crippen LogP contribution in [0, 0.1) is 17.8 Å². The van der Waals surface area contributed by atoms with Gasteiger partial charge in [-0.1, -0.05) is 165 Å². The van der Waals surface area contributed by atoms with E-state index in [0.717, 1.165) is 121 Å². The summed E-state index contributed by atoms with van der Waals surface area (Å²) in [6.45, 7) is 3.14. The molecular weight excluding hydrogens is 861 g/mol. The van der Waals surface area contributed by atoms with E-state index in [2.05, 4.69) is 187 Å². The van der Waals surface area contributed by atoms with Crippen molar-refractivity contribution >= 4 is 34.2 Å². The first-order valence-electron chi connectivity index (χ1n) is 25.1. The maximum atomic E-state index is 12.6. The van der Waals surface area contributed by atoms with E-state index in [1.54, 1.807) is 0 Å². The molecule has 0 radical (unpaired) electrons. The molecule has 4 N–H and O–H groups in total. The second kappa shape index (κ2) is 20.1. The molecule has 70 heavy (non-hydrogen) atoms. The molecule has 350 valence electrons. The van der Waals surface area contributed by atoms with Gasteiger partial charge in [-0.2, -0.15) is 0 Å². The second-order valence-corrected chi connectivity index (χ2v) is 19.5. The van der Waals surface area contributed by atoms with E-state index in [-0.39, 0.29) is 30.3 Å². The number of rotatable bonds is 13. The van der Waals surface area contributed by atoms with Gasteiger partial charge in [0.1, 0.15) is 0 Å². The van der Waals surface area contributed by atoms with Gasteiger partial charge >= 0.3 is 0 Å². The van der Waals surface area contributed by atoms with Crippen molar-refractivity contribution in [1.82, 2.24) is 19.9 Å². The number of H-pyrrole nitrogens is 2. The minimum Gasteiger partial charge on any atom is -0.393 e. The number of aromatic nitrogens is 4. The minimum atomic E-state index is -1.22. The molecule has 1 aliphatic carbocycles. The monoisotopic (exact) mass is 920 g/mol. The fourth-order valence-electron chi connectivity index (χ4n) is 11.7. The zero-order valence-electron chi connectivity index (χ0n) is 39.8. The number of nitrogens with zero attached hydrogens (tertiary/aromatic N) is 2. The van der Waals surface area contributed by atoms with E-state index in [1.165, 1.54) is 0 Å². The van der Waals surface area contributed by atoms with Gasteiger partial charge in [0.25, 0.3) is 0 Å². The Bertz CT molecular complexity index is 3280. The first-order valence-corrected chi connectivity index (χ1v) is 25.1. The van der Waals surface area contributed by atoms with Crippen LogP contribution in [0.25, 0.3) is 78.7 Å². The third kappa shape index (κ3) is 8.97. The number of benzene rings is 5. The van der Waals surface area contributed by atoms with Crippen LogP contribution in [-0.2, 0) is 17.8 Å². The Morgan fingerprint density at radius 1 is 0.571 bits per heavy atom. The van der Waals surface area contributed by atoms with Crippen molar-refractivity contribution in [2.24, 2.45) is 17.8 Å². The van der Waals surface area contributed by atoms with Crippen LogP contribution < -0.4 is 0 Å². The Morgan fingerprint density at radius 2 is 1.03 bits per heavy atom. The lowest BCUT2D eigenvalue weighted by Gasteiger charge is -2.46. The Balaban J connectivity index is 1.11. The maximum Gasteiger partial charge on any atom is 0.0934 e. The summed E-state index contributed by atoms with van der Waals surface area (Å²) in [7, 11) is 0. The number of fused-ring (bicyclic) bond motifs is 8. The van der Waals surface area contributed by atoms with Crippen molar-refractivity contribution in [2.45, 2.75) is 63.6 Å². The van der Waals surface area contributed by atoms with Crippen molar-refractivity contribution in [3.63, 3.8) is 0 Å². The van der Waals surface area contributed by atoms with Crippen molar-refractivity contribution in [3.05, 3.63) is 204 Å². The molecule has 5 heterocycles. The zero-order valence-corrected chi connectivity index (χ0v) is 39.8. The van der Waals surface area contributed by atoms with Gasteiger partial charge in [-0.3, -0.25) is 4.98 Å². The summed E-state index contributed by atoms with van der Waals surface area (Å²) in [5.74, 6) is -0.0777. The summed E-state index contributed by atoms with van der Waals surface area (Å²) in [6.07, 6.45) is 9.16. The Labute approximate surface area is 410 Å². The smallest absolute Gasteiger partial charge is 0.0934 e. The van der Waals surface area contributed by atoms with E-state index < -0.39 is 5.60 Å². The largest absolute Gasteiger partial charge is 0.393 e. The molecule has 11 rings (SSSR count). The van der Waals surface area contributed by atoms with Gasteiger partial charge in [0, 0.05) is 56.8 Å². The minimum absolute atomic E-state index is 0.0128. The molecule has 0 unspecified atom stereocenters. The average Bonchev–Trinajstić information content (AvgIpc) is 4.26. The van der Waals surface area contributed by atoms with Crippen LogP contribution in [0.15, 0.2) is 176 Å². The summed E-state index contributed by atoms with van der Waals surface area (Å²) in [4.78, 5) is 19.2. The van der Waals surface area contributed by atoms with Crippen molar-refractivity contribution in [3.8, 4) is 44.5 Å². The van der Waals surface area contributed by atoms with Gasteiger partial charge in [-0.25, -0.2) is 4.98 Å². The molecule has 0 spiro atoms. The number of aliphatic hydroxyl groups is 2. The SMILES string of the molecule is C[C@@H](C[C@H]1CCC[C@@H](CCOCc2ccccc2)[C@@]1(O)CO)[C@@H]1Cc2nc1c(-c1ccccc1)c1ccc([nH]1)c(-c1ccccc1)c1nc(c(-c3ccccc3)c3ccc([nH]3)c2-c2ccccc2)C=C1. The molecular formula is C63H60N4O3. The standard InChI is InChI=1S/C63H60N4O3/c1-42(38-49-29-17-28-48(63(49,69)41-68)36-37-70-40-43-18-7-2-8-19-43)50-39-57-60(46-24-13-5-14-25-46)55-33-32-53(65-55)58(44-20-9-3-10-21-44)51-30-31-52(64-51)59(45-22-11-4-12-23-45)54-34-35-56(66-54)61(62(50)67-57)47-26-15-6-16-27-47/h2-16,18-27,30-35,42,48-50,65-66,68-69H,17,28-29,36-41H2,1H3/t42-,48-,49+,50-,63-/m0/s1. The summed E-state index contributed by atoms with van der Waals surface area (Å²) in [6, 6.07) is 61.4. The van der Waals surface area contributed by atoms with Crippen LogP contribution in [0.5, 0.6) is 0 Å². The highest BCUT2D eigenvalue weighted by atomic mass is 16.5. The molecule has 0 saturated heterocycles. The summed E-state index contributed by atoms with van der Waals surface area (Å²) in [5, 5.41) is 23.8. The average molecular weight is 921 g/mol. The van der Waals surface area contributed by atoms with E-state index >= 15 is 0 Å². The molecule has 7 nitrogen and oxygen atoms in total. The molecule has 8 bridgehead atoms. The fraction of sp³-hybridized carbons (Fsp3) is 0.238. The van der Waals surface area contributed by atoms with E-state index in [4.69, 9.17) is 14.7 Å². The molecule has 5 atom stereocenters. The number of ether oxygens (including phenoxy) is 1. The van der Waals surface area contributed by atoms with Crippen molar-refractivity contribution in [2.75, 3.05) is 13.2 Å². The Kier molecular flexibility index (Phi) is 13.0. The number of aromatic amines is 2. The molecule has 0 amide bonds. The highest BCUT2D eigenvalue weighted by Crippen LogP contribution is 2.49. The van der Waals surface area contributed by atoms with E-state index in [1.807, 2.05) is 18.2 Å². The zero-order chi connectivity index (χ0) is 47.4. The third-order valence-corrected chi connectivity index (χ3v) is 15.3. The Morgan fingerprint density at radius 3 is 1.56 bits per heavy atom. The molecule has 8 aromatic rings. The predicted octanol–water partition coefficient (Wildman–Crippen LogP) is 14.3.